The summed E-state index contributed by atoms with van der Waals surface area (Å²) in [6.07, 6.45) is 0. The Bertz CT molecular complexity index is 598. The van der Waals surface area contributed by atoms with Crippen molar-refractivity contribution in [3.05, 3.63) is 35.4 Å². The van der Waals surface area contributed by atoms with Crippen molar-refractivity contribution >= 4 is 17.7 Å². The monoisotopic (exact) mass is 291 g/mol. The molecule has 0 aliphatic heterocycles. The molecule has 1 N–H and O–H groups in total. The second-order valence-corrected chi connectivity index (χ2v) is 5.46. The second-order valence-electron chi connectivity index (χ2n) is 4.52. The number of carbonyl (C=O) groups is 1. The van der Waals surface area contributed by atoms with Crippen LogP contribution < -0.4 is 5.32 Å². The fourth-order valence-electron chi connectivity index (χ4n) is 1.91. The minimum Gasteiger partial charge on any atom is -0.349 e. The molecule has 7 heteroatoms. The van der Waals surface area contributed by atoms with Crippen molar-refractivity contribution in [1.29, 1.82) is 0 Å². The second kappa shape index (κ2) is 6.51. The molecule has 106 valence electrons. The lowest BCUT2D eigenvalue weighted by molar-refractivity contribution is -0.119. The summed E-state index contributed by atoms with van der Waals surface area (Å²) in [5.74, 6) is 0.263. The lowest BCUT2D eigenvalue weighted by Gasteiger charge is -2.16. The van der Waals surface area contributed by atoms with Crippen LogP contribution in [0.5, 0.6) is 0 Å². The number of aromatic nitrogens is 4. The van der Waals surface area contributed by atoms with E-state index in [2.05, 4.69) is 20.8 Å². The molecule has 1 atom stereocenters. The Labute approximate surface area is 121 Å². The van der Waals surface area contributed by atoms with Crippen molar-refractivity contribution in [1.82, 2.24) is 25.5 Å². The molecular formula is C13H17N5OS. The van der Waals surface area contributed by atoms with E-state index >= 15 is 0 Å². The van der Waals surface area contributed by atoms with Crippen molar-refractivity contribution in [3.63, 3.8) is 0 Å². The molecule has 1 aromatic carbocycles. The number of benzene rings is 1. The van der Waals surface area contributed by atoms with Crippen LogP contribution in [0, 0.1) is 6.92 Å². The largest absolute Gasteiger partial charge is 0.349 e. The van der Waals surface area contributed by atoms with Crippen molar-refractivity contribution in [3.8, 4) is 0 Å². The zero-order valence-corrected chi connectivity index (χ0v) is 12.5. The Kier molecular flexibility index (Phi) is 4.73. The molecule has 6 nitrogen and oxygen atoms in total. The van der Waals surface area contributed by atoms with Gasteiger partial charge >= 0.3 is 0 Å². The van der Waals surface area contributed by atoms with Gasteiger partial charge in [0.25, 0.3) is 0 Å². The van der Waals surface area contributed by atoms with Crippen molar-refractivity contribution < 1.29 is 4.79 Å². The van der Waals surface area contributed by atoms with Crippen molar-refractivity contribution in [2.75, 3.05) is 5.75 Å². The minimum absolute atomic E-state index is 0.0121. The van der Waals surface area contributed by atoms with Crippen LogP contribution in [0.3, 0.4) is 0 Å². The first kappa shape index (κ1) is 14.5. The van der Waals surface area contributed by atoms with Gasteiger partial charge in [-0.25, -0.2) is 4.68 Å². The Hall–Kier alpha value is -1.89. The summed E-state index contributed by atoms with van der Waals surface area (Å²) in [6.45, 7) is 4.02. The molecule has 1 heterocycles. The molecule has 0 aliphatic rings. The summed E-state index contributed by atoms with van der Waals surface area (Å²) < 4.78 is 1.54. The van der Waals surface area contributed by atoms with E-state index in [9.17, 15) is 4.79 Å². The predicted octanol–water partition coefficient (Wildman–Crippen LogP) is 1.49. The number of hydrogen-bond acceptors (Lipinski definition) is 5. The highest BCUT2D eigenvalue weighted by Gasteiger charge is 2.12. The molecule has 20 heavy (non-hydrogen) atoms. The lowest BCUT2D eigenvalue weighted by atomic mass is 10.0. The van der Waals surface area contributed by atoms with Gasteiger partial charge in [0, 0.05) is 7.05 Å². The van der Waals surface area contributed by atoms with Gasteiger partial charge < -0.3 is 5.32 Å². The summed E-state index contributed by atoms with van der Waals surface area (Å²) >= 11 is 1.32. The average molecular weight is 291 g/mol. The maximum absolute atomic E-state index is 11.9. The molecule has 0 radical (unpaired) electrons. The number of nitrogens with one attached hydrogen (secondary N) is 1. The first-order valence-corrected chi connectivity index (χ1v) is 7.26. The highest BCUT2D eigenvalue weighted by atomic mass is 32.2. The first-order chi connectivity index (χ1) is 9.58. The third kappa shape index (κ3) is 3.57. The maximum Gasteiger partial charge on any atom is 0.230 e. The normalized spacial score (nSPS) is 12.2. The van der Waals surface area contributed by atoms with Crippen LogP contribution in [-0.4, -0.2) is 31.9 Å². The van der Waals surface area contributed by atoms with E-state index in [4.69, 9.17) is 0 Å². The van der Waals surface area contributed by atoms with Gasteiger partial charge in [-0.3, -0.25) is 4.79 Å². The number of thioether (sulfide) groups is 1. The van der Waals surface area contributed by atoms with Crippen LogP contribution >= 0.6 is 11.8 Å². The molecule has 2 aromatic rings. The van der Waals surface area contributed by atoms with Crippen molar-refractivity contribution in [2.45, 2.75) is 25.0 Å². The Morgan fingerprint density at radius 1 is 1.45 bits per heavy atom. The number of aryl methyl sites for hydroxylation is 2. The average Bonchev–Trinajstić information content (AvgIpc) is 2.82. The molecule has 1 amide bonds. The van der Waals surface area contributed by atoms with E-state index in [0.717, 1.165) is 5.56 Å². The fraction of sp³-hybridized carbons (Fsp3) is 0.385. The topological polar surface area (TPSA) is 72.7 Å². The van der Waals surface area contributed by atoms with E-state index in [1.807, 2.05) is 38.1 Å². The van der Waals surface area contributed by atoms with Gasteiger partial charge in [0.2, 0.25) is 11.1 Å². The standard InChI is InChI=1S/C13H17N5OS/c1-9-6-4-5-7-11(9)10(2)14-12(19)8-20-13-15-16-17-18(13)3/h4-7,10H,8H2,1-3H3,(H,14,19)/t10-/m0/s1. The highest BCUT2D eigenvalue weighted by Crippen LogP contribution is 2.17. The van der Waals surface area contributed by atoms with Crippen LogP contribution in [0.15, 0.2) is 29.4 Å². The Morgan fingerprint density at radius 2 is 2.20 bits per heavy atom. The van der Waals surface area contributed by atoms with Crippen LogP contribution in [-0.2, 0) is 11.8 Å². The van der Waals surface area contributed by atoms with E-state index in [1.165, 1.54) is 17.3 Å². The maximum atomic E-state index is 11.9. The Balaban J connectivity index is 1.88. The third-order valence-electron chi connectivity index (χ3n) is 2.95. The quantitative estimate of drug-likeness (QED) is 0.845. The SMILES string of the molecule is Cc1ccccc1[C@H](C)NC(=O)CSc1nnnn1C. The summed E-state index contributed by atoms with van der Waals surface area (Å²) in [4.78, 5) is 11.9. The summed E-state index contributed by atoms with van der Waals surface area (Å²) in [5.41, 5.74) is 2.30. The molecule has 2 rings (SSSR count). The van der Waals surface area contributed by atoms with Crippen LogP contribution in [0.25, 0.3) is 0 Å². The summed E-state index contributed by atoms with van der Waals surface area (Å²) in [6, 6.07) is 8.02. The van der Waals surface area contributed by atoms with Gasteiger partial charge in [-0.2, -0.15) is 0 Å². The number of tetrazole rings is 1. The fourth-order valence-corrected chi connectivity index (χ4v) is 2.57. The molecule has 0 aliphatic carbocycles. The van der Waals surface area contributed by atoms with Crippen LogP contribution in [0.4, 0.5) is 0 Å². The minimum atomic E-state index is -0.0336. The predicted molar refractivity (Wildman–Crippen MR) is 77.3 cm³/mol. The van der Waals surface area contributed by atoms with Crippen LogP contribution in [0.1, 0.15) is 24.1 Å². The molecule has 0 spiro atoms. The van der Waals surface area contributed by atoms with Gasteiger partial charge in [0.15, 0.2) is 0 Å². The van der Waals surface area contributed by atoms with Gasteiger partial charge in [0.1, 0.15) is 0 Å². The van der Waals surface area contributed by atoms with Gasteiger partial charge in [0.05, 0.1) is 11.8 Å². The van der Waals surface area contributed by atoms with Crippen molar-refractivity contribution in [2.24, 2.45) is 7.05 Å². The molecule has 0 fully saturated rings. The summed E-state index contributed by atoms with van der Waals surface area (Å²) in [7, 11) is 1.75. The van der Waals surface area contributed by atoms with Gasteiger partial charge in [-0.15, -0.1) is 5.10 Å². The smallest absolute Gasteiger partial charge is 0.230 e. The van der Waals surface area contributed by atoms with Gasteiger partial charge in [-0.05, 0) is 35.4 Å². The Morgan fingerprint density at radius 3 is 2.85 bits per heavy atom. The van der Waals surface area contributed by atoms with E-state index in [-0.39, 0.29) is 11.9 Å². The number of hydrogen-bond donors (Lipinski definition) is 1. The lowest BCUT2D eigenvalue weighted by Crippen LogP contribution is -2.28. The van der Waals surface area contributed by atoms with E-state index in [1.54, 1.807) is 11.7 Å². The number of carbonyl (C=O) groups excluding carboxylic acids is 1. The highest BCUT2D eigenvalue weighted by molar-refractivity contribution is 7.99. The molecule has 1 aromatic heterocycles. The van der Waals surface area contributed by atoms with Crippen LogP contribution in [0.2, 0.25) is 0 Å². The molecule has 0 saturated heterocycles. The van der Waals surface area contributed by atoms with E-state index in [0.29, 0.717) is 10.9 Å². The molecule has 0 saturated carbocycles. The molecule has 0 unspecified atom stereocenters. The van der Waals surface area contributed by atoms with Gasteiger partial charge in [-0.1, -0.05) is 36.0 Å². The zero-order chi connectivity index (χ0) is 14.5. The number of nitrogens with zero attached hydrogens (tertiary/aromatic N) is 4. The number of amides is 1. The first-order valence-electron chi connectivity index (χ1n) is 6.28. The van der Waals surface area contributed by atoms with E-state index < -0.39 is 0 Å². The summed E-state index contributed by atoms with van der Waals surface area (Å²) in [5, 5.41) is 14.7. The zero-order valence-electron chi connectivity index (χ0n) is 11.7. The molecular weight excluding hydrogens is 274 g/mol. The molecule has 0 bridgehead atoms. The third-order valence-corrected chi connectivity index (χ3v) is 3.96. The number of rotatable bonds is 5.